The molecule has 1 aromatic carbocycles. The van der Waals surface area contributed by atoms with E-state index in [2.05, 4.69) is 19.9 Å². The van der Waals surface area contributed by atoms with E-state index in [9.17, 15) is 15.3 Å². The summed E-state index contributed by atoms with van der Waals surface area (Å²) < 4.78 is 5.88. The Kier molecular flexibility index (Phi) is 4.69. The first kappa shape index (κ1) is 16.3. The molecule has 0 aliphatic carbocycles. The molecule has 4 nitrogen and oxygen atoms in total. The van der Waals surface area contributed by atoms with Crippen molar-refractivity contribution in [2.75, 3.05) is 0 Å². The first-order valence-electron chi connectivity index (χ1n) is 7.63. The maximum absolute atomic E-state index is 9.93. The molecule has 120 valence electrons. The number of hydrogen-bond donors (Lipinski definition) is 3. The molecule has 1 atom stereocenters. The van der Waals surface area contributed by atoms with Gasteiger partial charge in [-0.25, -0.2) is 0 Å². The van der Waals surface area contributed by atoms with Gasteiger partial charge in [-0.2, -0.15) is 0 Å². The second-order valence-corrected chi connectivity index (χ2v) is 6.25. The molecule has 1 heterocycles. The smallest absolute Gasteiger partial charge is 0.126 e. The van der Waals surface area contributed by atoms with Crippen LogP contribution in [0.25, 0.3) is 0 Å². The van der Waals surface area contributed by atoms with Crippen LogP contribution in [0.4, 0.5) is 0 Å². The summed E-state index contributed by atoms with van der Waals surface area (Å²) in [5.74, 6) is 1.94. The van der Waals surface area contributed by atoms with Crippen molar-refractivity contribution < 1.29 is 19.7 Å². The predicted molar refractivity (Wildman–Crippen MR) is 85.7 cm³/mol. The van der Waals surface area contributed by atoms with Crippen molar-refractivity contribution >= 4 is 0 Å². The molecule has 22 heavy (non-hydrogen) atoms. The third-order valence-corrected chi connectivity index (χ3v) is 4.03. The lowest BCUT2D eigenvalue weighted by Crippen LogP contribution is -1.98. The van der Waals surface area contributed by atoms with Crippen molar-refractivity contribution in [1.82, 2.24) is 0 Å². The Balaban J connectivity index is 2.12. The van der Waals surface area contributed by atoms with Crippen LogP contribution in [-0.4, -0.2) is 15.3 Å². The zero-order valence-corrected chi connectivity index (χ0v) is 13.6. The fourth-order valence-electron chi connectivity index (χ4n) is 2.68. The van der Waals surface area contributed by atoms with Gasteiger partial charge in [-0.1, -0.05) is 20.8 Å². The average Bonchev–Trinajstić information content (AvgIpc) is 2.76. The Bertz CT molecular complexity index is 632. The van der Waals surface area contributed by atoms with Crippen LogP contribution in [0.2, 0.25) is 0 Å². The van der Waals surface area contributed by atoms with E-state index in [0.717, 1.165) is 29.9 Å². The maximum Gasteiger partial charge on any atom is 0.126 e. The van der Waals surface area contributed by atoms with Crippen molar-refractivity contribution in [3.63, 3.8) is 0 Å². The number of furan rings is 1. The van der Waals surface area contributed by atoms with E-state index >= 15 is 0 Å². The molecule has 0 aliphatic rings. The molecule has 4 heteroatoms. The molecule has 0 saturated carbocycles. The number of rotatable bonds is 5. The summed E-state index contributed by atoms with van der Waals surface area (Å²) in [7, 11) is 0. The van der Waals surface area contributed by atoms with Gasteiger partial charge in [0, 0.05) is 30.0 Å². The van der Waals surface area contributed by atoms with E-state index in [1.165, 1.54) is 12.1 Å². The van der Waals surface area contributed by atoms with Crippen LogP contribution in [0.3, 0.4) is 0 Å². The standard InChI is InChI=1S/C18H24O4/c1-10(2)17-7-12(4)16(22-17)6-5-11(3)18-14(20)8-13(19)9-15(18)21/h7-11,19-21H,5-6H2,1-4H3. The van der Waals surface area contributed by atoms with Gasteiger partial charge in [0.05, 0.1) is 0 Å². The molecule has 0 saturated heterocycles. The van der Waals surface area contributed by atoms with Crippen LogP contribution in [-0.2, 0) is 6.42 Å². The Hall–Kier alpha value is -2.10. The van der Waals surface area contributed by atoms with Gasteiger partial charge in [0.1, 0.15) is 28.8 Å². The number of aryl methyl sites for hydroxylation is 2. The average molecular weight is 304 g/mol. The largest absolute Gasteiger partial charge is 0.508 e. The molecule has 2 rings (SSSR count). The first-order valence-corrected chi connectivity index (χ1v) is 7.63. The van der Waals surface area contributed by atoms with Gasteiger partial charge in [-0.05, 0) is 30.9 Å². The van der Waals surface area contributed by atoms with E-state index < -0.39 is 0 Å². The molecule has 0 spiro atoms. The fraction of sp³-hybridized carbons (Fsp3) is 0.444. The molecule has 0 bridgehead atoms. The lowest BCUT2D eigenvalue weighted by Gasteiger charge is -2.15. The fourth-order valence-corrected chi connectivity index (χ4v) is 2.68. The highest BCUT2D eigenvalue weighted by Gasteiger charge is 2.18. The van der Waals surface area contributed by atoms with Crippen molar-refractivity contribution in [3.05, 3.63) is 40.8 Å². The molecule has 3 N–H and O–H groups in total. The van der Waals surface area contributed by atoms with Crippen LogP contribution in [0.5, 0.6) is 17.2 Å². The normalized spacial score (nSPS) is 12.8. The third kappa shape index (κ3) is 3.38. The van der Waals surface area contributed by atoms with Gasteiger partial charge >= 0.3 is 0 Å². The highest BCUT2D eigenvalue weighted by Crippen LogP contribution is 2.39. The summed E-state index contributed by atoms with van der Waals surface area (Å²) in [6.07, 6.45) is 1.47. The second kappa shape index (κ2) is 6.34. The van der Waals surface area contributed by atoms with Crippen LogP contribution in [0, 0.1) is 6.92 Å². The molecular weight excluding hydrogens is 280 g/mol. The van der Waals surface area contributed by atoms with Gasteiger partial charge in [-0.15, -0.1) is 0 Å². The van der Waals surface area contributed by atoms with Crippen molar-refractivity contribution in [1.29, 1.82) is 0 Å². The van der Waals surface area contributed by atoms with Gasteiger partial charge in [0.25, 0.3) is 0 Å². The Labute approximate surface area is 131 Å². The van der Waals surface area contributed by atoms with E-state index in [-0.39, 0.29) is 23.2 Å². The summed E-state index contributed by atoms with van der Waals surface area (Å²) >= 11 is 0. The number of hydrogen-bond acceptors (Lipinski definition) is 4. The minimum Gasteiger partial charge on any atom is -0.508 e. The highest BCUT2D eigenvalue weighted by molar-refractivity contribution is 5.50. The molecule has 1 unspecified atom stereocenters. The summed E-state index contributed by atoms with van der Waals surface area (Å²) in [4.78, 5) is 0. The summed E-state index contributed by atoms with van der Waals surface area (Å²) in [5.41, 5.74) is 1.60. The van der Waals surface area contributed by atoms with E-state index in [4.69, 9.17) is 4.42 Å². The predicted octanol–water partition coefficient (Wildman–Crippen LogP) is 4.56. The number of benzene rings is 1. The zero-order chi connectivity index (χ0) is 16.4. The molecule has 1 aromatic heterocycles. The van der Waals surface area contributed by atoms with Gasteiger partial charge in [0.15, 0.2) is 0 Å². The minimum absolute atomic E-state index is 0.0485. The van der Waals surface area contributed by atoms with Crippen molar-refractivity contribution in [3.8, 4) is 17.2 Å². The lowest BCUT2D eigenvalue weighted by molar-refractivity contribution is 0.405. The Morgan fingerprint density at radius 3 is 2.09 bits per heavy atom. The summed E-state index contributed by atoms with van der Waals surface area (Å²) in [6, 6.07) is 4.57. The van der Waals surface area contributed by atoms with Crippen LogP contribution in [0.1, 0.15) is 61.7 Å². The van der Waals surface area contributed by atoms with Gasteiger partial charge in [0.2, 0.25) is 0 Å². The first-order chi connectivity index (χ1) is 10.3. The SMILES string of the molecule is Cc1cc(C(C)C)oc1CCC(C)c1c(O)cc(O)cc1O. The summed E-state index contributed by atoms with van der Waals surface area (Å²) in [5, 5.41) is 29.2. The summed E-state index contributed by atoms with van der Waals surface area (Å²) in [6.45, 7) is 8.16. The van der Waals surface area contributed by atoms with E-state index in [0.29, 0.717) is 11.5 Å². The van der Waals surface area contributed by atoms with Crippen molar-refractivity contribution in [2.45, 2.75) is 52.4 Å². The van der Waals surface area contributed by atoms with Crippen LogP contribution >= 0.6 is 0 Å². The van der Waals surface area contributed by atoms with Gasteiger partial charge < -0.3 is 19.7 Å². The Morgan fingerprint density at radius 2 is 1.59 bits per heavy atom. The molecular formula is C18H24O4. The topological polar surface area (TPSA) is 73.8 Å². The number of phenols is 3. The van der Waals surface area contributed by atoms with E-state index in [1.54, 1.807) is 0 Å². The van der Waals surface area contributed by atoms with Crippen molar-refractivity contribution in [2.24, 2.45) is 0 Å². The molecule has 0 aliphatic heterocycles. The minimum atomic E-state index is -0.144. The quantitative estimate of drug-likeness (QED) is 0.756. The lowest BCUT2D eigenvalue weighted by atomic mass is 9.93. The van der Waals surface area contributed by atoms with Crippen LogP contribution in [0.15, 0.2) is 22.6 Å². The number of phenolic OH excluding ortho intramolecular Hbond substituents is 3. The van der Waals surface area contributed by atoms with Crippen LogP contribution < -0.4 is 0 Å². The number of aromatic hydroxyl groups is 3. The molecule has 0 amide bonds. The molecule has 0 fully saturated rings. The molecule has 2 aromatic rings. The molecule has 0 radical (unpaired) electrons. The second-order valence-electron chi connectivity index (χ2n) is 6.25. The Morgan fingerprint density at radius 1 is 1.00 bits per heavy atom. The van der Waals surface area contributed by atoms with E-state index in [1.807, 2.05) is 13.8 Å². The zero-order valence-electron chi connectivity index (χ0n) is 13.6. The van der Waals surface area contributed by atoms with Gasteiger partial charge in [-0.3, -0.25) is 0 Å². The highest BCUT2D eigenvalue weighted by atomic mass is 16.3. The third-order valence-electron chi connectivity index (χ3n) is 4.03. The monoisotopic (exact) mass is 304 g/mol. The maximum atomic E-state index is 9.93.